The smallest absolute Gasteiger partial charge is 0.143 e. The molecule has 43 heavy (non-hydrogen) atoms. The molecule has 0 N–H and O–H groups in total. The summed E-state index contributed by atoms with van der Waals surface area (Å²) in [6, 6.07) is 16.4. The molecule has 0 aliphatic heterocycles. The lowest BCUT2D eigenvalue weighted by Gasteiger charge is -2.18. The van der Waals surface area contributed by atoms with Gasteiger partial charge in [0, 0.05) is 16.3 Å². The molecule has 0 atom stereocenters. The van der Waals surface area contributed by atoms with E-state index in [2.05, 4.69) is 6.07 Å². The summed E-state index contributed by atoms with van der Waals surface area (Å²) in [4.78, 5) is 0. The van der Waals surface area contributed by atoms with Crippen molar-refractivity contribution < 1.29 is 22.2 Å². The Morgan fingerprint density at radius 3 is 1.81 bits per heavy atom. The molecule has 0 amide bonds. The van der Waals surface area contributed by atoms with Gasteiger partial charge in [0.15, 0.2) is 0 Å². The van der Waals surface area contributed by atoms with Crippen LogP contribution in [-0.4, -0.2) is 0 Å². The van der Waals surface area contributed by atoms with Crippen molar-refractivity contribution in [3.63, 3.8) is 0 Å². The molecule has 8 aromatic carbocycles. The van der Waals surface area contributed by atoms with Crippen LogP contribution in [0, 0.1) is 0 Å². The van der Waals surface area contributed by atoms with Gasteiger partial charge in [0.05, 0.1) is 17.8 Å². The van der Waals surface area contributed by atoms with Crippen LogP contribution in [0.4, 0.5) is 0 Å². The summed E-state index contributed by atoms with van der Waals surface area (Å²) in [5.74, 6) is 0. The minimum atomic E-state index is -0.718. The molecule has 0 saturated carbocycles. The maximum atomic E-state index is 9.34. The predicted octanol–water partition coefficient (Wildman–Crippen LogP) is 12.0. The quantitative estimate of drug-likeness (QED) is 0.196. The van der Waals surface area contributed by atoms with E-state index in [9.17, 15) is 5.48 Å². The molecular weight excluding hydrogens is 520 g/mol. The molecule has 1 aromatic heterocycles. The Morgan fingerprint density at radius 2 is 1.07 bits per heavy atom. The summed E-state index contributed by atoms with van der Waals surface area (Å²) in [6.07, 6.45) is 0. The molecule has 0 unspecified atom stereocenters. The van der Waals surface area contributed by atoms with Crippen LogP contribution in [0.25, 0.3) is 87.6 Å². The molecule has 0 aliphatic carbocycles. The van der Waals surface area contributed by atoms with Gasteiger partial charge in [-0.05, 0) is 72.3 Å². The fraction of sp³-hybridized carbons (Fsp3) is 0. The zero-order valence-corrected chi connectivity index (χ0v) is 22.4. The number of para-hydroxylation sites is 1. The van der Waals surface area contributed by atoms with E-state index >= 15 is 0 Å². The second-order valence-corrected chi connectivity index (χ2v) is 10.3. The fourth-order valence-electron chi connectivity index (χ4n) is 6.16. The van der Waals surface area contributed by atoms with Gasteiger partial charge in [0.25, 0.3) is 0 Å². The number of benzene rings is 8. The van der Waals surface area contributed by atoms with Gasteiger partial charge in [-0.2, -0.15) is 0 Å². The van der Waals surface area contributed by atoms with E-state index in [1.54, 1.807) is 18.2 Å². The third-order valence-corrected chi connectivity index (χ3v) is 7.98. The largest absolute Gasteiger partial charge is 0.455 e. The van der Waals surface area contributed by atoms with E-state index < -0.39 is 84.1 Å². The molecule has 0 spiro atoms. The van der Waals surface area contributed by atoms with Crippen LogP contribution in [-0.2, 0) is 0 Å². The van der Waals surface area contributed by atoms with Crippen LogP contribution in [0.5, 0.6) is 0 Å². The summed E-state index contributed by atoms with van der Waals surface area (Å²) in [6.45, 7) is 0. The summed E-state index contributed by atoms with van der Waals surface area (Å²) >= 11 is 0. The first-order chi connectivity index (χ1) is 26.7. The first-order valence-electron chi connectivity index (χ1n) is 20.2. The maximum absolute atomic E-state index is 9.34. The lowest BCUT2D eigenvalue weighted by molar-refractivity contribution is 0.670. The second kappa shape index (κ2) is 9.44. The summed E-state index contributed by atoms with van der Waals surface area (Å²) in [5, 5.41) is 2.43. The van der Waals surface area contributed by atoms with Gasteiger partial charge in [-0.1, -0.05) is 145 Å². The van der Waals surface area contributed by atoms with Crippen molar-refractivity contribution in [3.05, 3.63) is 157 Å². The molecule has 1 heterocycles. The van der Waals surface area contributed by atoms with Gasteiger partial charge < -0.3 is 4.42 Å². The van der Waals surface area contributed by atoms with E-state index in [1.807, 2.05) is 54.6 Å². The average molecular weight is 560 g/mol. The van der Waals surface area contributed by atoms with Crippen LogP contribution < -0.4 is 0 Å². The molecule has 9 rings (SSSR count). The Kier molecular flexibility index (Phi) is 3.18. The highest BCUT2D eigenvalue weighted by atomic mass is 16.3. The van der Waals surface area contributed by atoms with Gasteiger partial charge in [-0.15, -0.1) is 0 Å². The predicted molar refractivity (Wildman–Crippen MR) is 183 cm³/mol. The molecule has 0 bridgehead atoms. The van der Waals surface area contributed by atoms with E-state index in [0.29, 0.717) is 27.5 Å². The van der Waals surface area contributed by atoms with Crippen LogP contribution in [0.3, 0.4) is 0 Å². The topological polar surface area (TPSA) is 13.1 Å². The number of rotatable bonds is 3. The zero-order valence-electron chi connectivity index (χ0n) is 35.4. The number of hydrogen-bond donors (Lipinski definition) is 0. The molecule has 200 valence electrons. The Labute approximate surface area is 267 Å². The Hall–Kier alpha value is -5.66. The van der Waals surface area contributed by atoms with Gasteiger partial charge in [-0.25, -0.2) is 0 Å². The average Bonchev–Trinajstić information content (AvgIpc) is 3.60. The molecule has 0 aliphatic rings. The maximum Gasteiger partial charge on any atom is 0.143 e. The second-order valence-electron chi connectivity index (χ2n) is 10.3. The summed E-state index contributed by atoms with van der Waals surface area (Å²) in [5.41, 5.74) is 2.21. The van der Waals surface area contributed by atoms with E-state index in [-0.39, 0.29) is 32.7 Å². The zero-order chi connectivity index (χ0) is 39.6. The molecule has 0 fully saturated rings. The molecule has 1 heteroatoms. The fourth-order valence-corrected chi connectivity index (χ4v) is 6.16. The molecule has 0 saturated heterocycles. The summed E-state index contributed by atoms with van der Waals surface area (Å²) < 4.78 is 122. The monoisotopic (exact) mass is 559 g/mol. The number of hydrogen-bond acceptors (Lipinski definition) is 1. The van der Waals surface area contributed by atoms with Gasteiger partial charge in [-0.3, -0.25) is 0 Å². The van der Waals surface area contributed by atoms with Gasteiger partial charge in [0.1, 0.15) is 11.2 Å². The molecule has 1 nitrogen and oxygen atoms in total. The normalized spacial score (nSPS) is 16.0. The van der Waals surface area contributed by atoms with Crippen LogP contribution in [0.1, 0.15) is 17.8 Å². The van der Waals surface area contributed by atoms with Crippen LogP contribution in [0.2, 0.25) is 0 Å². The molecule has 0 radical (unpaired) electrons. The standard InChI is InChI=1S/C42H26O/c1-2-13-28(14-3-1)39-32-16-6-8-18-34(32)40(35-19-9-7-17-33(35)39)36-21-11-23-38-41(36)37-22-10-20-31(42(37)43-38)30-25-24-27-12-4-5-15-29(27)26-30/h1-26H/i1D,2D,3D,6D,7D,8D,9D,13D,14D,16D,17D,18D,19D. The Morgan fingerprint density at radius 1 is 0.442 bits per heavy atom. The van der Waals surface area contributed by atoms with Crippen molar-refractivity contribution >= 4 is 54.3 Å². The highest BCUT2D eigenvalue weighted by molar-refractivity contribution is 6.26. The van der Waals surface area contributed by atoms with Crippen molar-refractivity contribution in [1.29, 1.82) is 0 Å². The van der Waals surface area contributed by atoms with Crippen molar-refractivity contribution in [1.82, 2.24) is 0 Å². The van der Waals surface area contributed by atoms with Crippen molar-refractivity contribution in [3.8, 4) is 33.4 Å². The Balaban J connectivity index is 1.53. The van der Waals surface area contributed by atoms with E-state index in [1.165, 1.54) is 0 Å². The van der Waals surface area contributed by atoms with Crippen molar-refractivity contribution in [2.24, 2.45) is 0 Å². The van der Waals surface area contributed by atoms with Gasteiger partial charge in [0.2, 0.25) is 0 Å². The molecular formula is C42H26O. The third kappa shape index (κ3) is 3.65. The van der Waals surface area contributed by atoms with Crippen molar-refractivity contribution in [2.45, 2.75) is 0 Å². The molecule has 9 aromatic rings. The Bertz CT molecular complexity index is 3130. The SMILES string of the molecule is [2H]c1c([2H])c([2H])c(-c2c3c([2H])c([2H])c([2H])c([2H])c3c(-c3cccc4oc5c(-c6ccc7ccccc7c6)cccc5c34)c3c([2H])c([2H])c([2H])c([2H])c23)c([2H])c1[2H]. The van der Waals surface area contributed by atoms with Crippen LogP contribution >= 0.6 is 0 Å². The lowest BCUT2D eigenvalue weighted by Crippen LogP contribution is -1.91. The minimum absolute atomic E-state index is 0.0505. The highest BCUT2D eigenvalue weighted by Crippen LogP contribution is 2.47. The number of furan rings is 1. The number of fused-ring (bicyclic) bond motifs is 6. The first-order valence-corrected chi connectivity index (χ1v) is 13.7. The lowest BCUT2D eigenvalue weighted by atomic mass is 9.85. The highest BCUT2D eigenvalue weighted by Gasteiger charge is 2.21. The van der Waals surface area contributed by atoms with Gasteiger partial charge >= 0.3 is 0 Å². The van der Waals surface area contributed by atoms with Crippen molar-refractivity contribution in [2.75, 3.05) is 0 Å². The first kappa shape index (κ1) is 14.5. The summed E-state index contributed by atoms with van der Waals surface area (Å²) in [7, 11) is 0. The third-order valence-electron chi connectivity index (χ3n) is 7.98. The van der Waals surface area contributed by atoms with Crippen LogP contribution in [0.15, 0.2) is 162 Å². The van der Waals surface area contributed by atoms with E-state index in [4.69, 9.17) is 16.8 Å². The van der Waals surface area contributed by atoms with E-state index in [0.717, 1.165) is 21.9 Å². The minimum Gasteiger partial charge on any atom is -0.455 e.